The summed E-state index contributed by atoms with van der Waals surface area (Å²) in [6.07, 6.45) is 2.12. The van der Waals surface area contributed by atoms with Crippen molar-refractivity contribution in [3.8, 4) is 0 Å². The van der Waals surface area contributed by atoms with E-state index in [2.05, 4.69) is 18.0 Å². The van der Waals surface area contributed by atoms with Gasteiger partial charge >= 0.3 is 0 Å². The first-order valence-corrected chi connectivity index (χ1v) is 5.74. The molecule has 0 aliphatic heterocycles. The maximum Gasteiger partial charge on any atom is 0.111 e. The van der Waals surface area contributed by atoms with E-state index in [9.17, 15) is 0 Å². The molecule has 2 N–H and O–H groups in total. The number of rotatable bonds is 3. The molecule has 0 aliphatic rings. The van der Waals surface area contributed by atoms with Crippen LogP contribution < -0.4 is 5.73 Å². The molecule has 1 aromatic carbocycles. The molecule has 0 spiro atoms. The Morgan fingerprint density at radius 3 is 2.93 bits per heavy atom. The number of hydrogen-bond donors (Lipinski definition) is 1. The number of nitrogens with zero attached hydrogens (tertiary/aromatic N) is 1. The first-order chi connectivity index (χ1) is 6.81. The standard InChI is InChI=1S/C11H14N2S/c1-2-5-8(12)11-13-9-6-3-4-7-10(9)14-11/h3-4,6-8H,2,5,12H2,1H3. The number of aromatic nitrogens is 1. The Balaban J connectivity index is 2.35. The number of para-hydroxylation sites is 1. The van der Waals surface area contributed by atoms with Crippen LogP contribution in [0.4, 0.5) is 0 Å². The minimum Gasteiger partial charge on any atom is -0.322 e. The third kappa shape index (κ3) is 1.79. The predicted molar refractivity (Wildman–Crippen MR) is 61.5 cm³/mol. The van der Waals surface area contributed by atoms with Crippen LogP contribution >= 0.6 is 11.3 Å². The summed E-state index contributed by atoms with van der Waals surface area (Å²) in [7, 11) is 0. The number of fused-ring (bicyclic) bond motifs is 1. The molecule has 0 amide bonds. The van der Waals surface area contributed by atoms with Gasteiger partial charge in [0.25, 0.3) is 0 Å². The van der Waals surface area contributed by atoms with Crippen LogP contribution in [0.1, 0.15) is 30.8 Å². The highest BCUT2D eigenvalue weighted by Gasteiger charge is 2.10. The van der Waals surface area contributed by atoms with Crippen LogP contribution in [0.15, 0.2) is 24.3 Å². The quantitative estimate of drug-likeness (QED) is 0.838. The molecule has 14 heavy (non-hydrogen) atoms. The molecule has 74 valence electrons. The van der Waals surface area contributed by atoms with Crippen molar-refractivity contribution in [1.82, 2.24) is 4.98 Å². The average Bonchev–Trinajstić information content (AvgIpc) is 2.61. The molecule has 0 bridgehead atoms. The molecule has 2 nitrogen and oxygen atoms in total. The summed E-state index contributed by atoms with van der Waals surface area (Å²) in [5.41, 5.74) is 7.09. The second kappa shape index (κ2) is 4.07. The van der Waals surface area contributed by atoms with Gasteiger partial charge in [-0.05, 0) is 18.6 Å². The van der Waals surface area contributed by atoms with Crippen molar-refractivity contribution >= 4 is 21.6 Å². The van der Waals surface area contributed by atoms with Crippen LogP contribution in [-0.2, 0) is 0 Å². The number of nitrogens with two attached hydrogens (primary N) is 1. The summed E-state index contributed by atoms with van der Waals surface area (Å²) in [6.45, 7) is 2.15. The van der Waals surface area contributed by atoms with Gasteiger partial charge in [0.1, 0.15) is 5.01 Å². The molecule has 0 radical (unpaired) electrons. The van der Waals surface area contributed by atoms with Gasteiger partial charge in [-0.2, -0.15) is 0 Å². The van der Waals surface area contributed by atoms with Crippen molar-refractivity contribution in [2.45, 2.75) is 25.8 Å². The molecule has 0 fully saturated rings. The number of thiazole rings is 1. The first-order valence-electron chi connectivity index (χ1n) is 4.92. The van der Waals surface area contributed by atoms with Crippen LogP contribution in [0.3, 0.4) is 0 Å². The van der Waals surface area contributed by atoms with E-state index in [1.807, 2.05) is 18.2 Å². The van der Waals surface area contributed by atoms with Crippen LogP contribution in [0.25, 0.3) is 10.2 Å². The lowest BCUT2D eigenvalue weighted by Crippen LogP contribution is -2.08. The van der Waals surface area contributed by atoms with E-state index in [1.54, 1.807) is 11.3 Å². The van der Waals surface area contributed by atoms with E-state index in [4.69, 9.17) is 5.73 Å². The van der Waals surface area contributed by atoms with Crippen LogP contribution in [0.2, 0.25) is 0 Å². The zero-order valence-electron chi connectivity index (χ0n) is 8.23. The zero-order chi connectivity index (χ0) is 9.97. The zero-order valence-corrected chi connectivity index (χ0v) is 9.05. The largest absolute Gasteiger partial charge is 0.322 e. The minimum atomic E-state index is 0.109. The van der Waals surface area contributed by atoms with Crippen LogP contribution in [-0.4, -0.2) is 4.98 Å². The fraction of sp³-hybridized carbons (Fsp3) is 0.364. The predicted octanol–water partition coefficient (Wildman–Crippen LogP) is 3.10. The summed E-state index contributed by atoms with van der Waals surface area (Å²) in [4.78, 5) is 4.52. The van der Waals surface area contributed by atoms with Crippen molar-refractivity contribution in [2.75, 3.05) is 0 Å². The average molecular weight is 206 g/mol. The molecule has 1 heterocycles. The van der Waals surface area contributed by atoms with Gasteiger partial charge in [-0.1, -0.05) is 25.5 Å². The molecule has 0 saturated carbocycles. The number of hydrogen-bond acceptors (Lipinski definition) is 3. The van der Waals surface area contributed by atoms with Crippen LogP contribution in [0, 0.1) is 0 Å². The Hall–Kier alpha value is -0.930. The molecule has 3 heteroatoms. The highest BCUT2D eigenvalue weighted by Crippen LogP contribution is 2.26. The molecule has 1 aromatic heterocycles. The third-order valence-electron chi connectivity index (χ3n) is 2.23. The van der Waals surface area contributed by atoms with E-state index in [-0.39, 0.29) is 6.04 Å². The van der Waals surface area contributed by atoms with Gasteiger partial charge in [0.15, 0.2) is 0 Å². The minimum absolute atomic E-state index is 0.109. The van der Waals surface area contributed by atoms with E-state index >= 15 is 0 Å². The molecule has 2 rings (SSSR count). The monoisotopic (exact) mass is 206 g/mol. The van der Waals surface area contributed by atoms with Crippen molar-refractivity contribution in [3.63, 3.8) is 0 Å². The SMILES string of the molecule is CCCC(N)c1nc2ccccc2s1. The first kappa shape index (κ1) is 9.62. The molecule has 0 aliphatic carbocycles. The van der Waals surface area contributed by atoms with Gasteiger partial charge in [-0.15, -0.1) is 11.3 Å². The molecular formula is C11H14N2S. The smallest absolute Gasteiger partial charge is 0.111 e. The van der Waals surface area contributed by atoms with Crippen LogP contribution in [0.5, 0.6) is 0 Å². The maximum atomic E-state index is 6.02. The highest BCUT2D eigenvalue weighted by atomic mass is 32.1. The van der Waals surface area contributed by atoms with E-state index in [0.717, 1.165) is 23.4 Å². The summed E-state index contributed by atoms with van der Waals surface area (Å²) in [5.74, 6) is 0. The van der Waals surface area contributed by atoms with Gasteiger partial charge in [-0.25, -0.2) is 4.98 Å². The fourth-order valence-corrected chi connectivity index (χ4v) is 2.49. The topological polar surface area (TPSA) is 38.9 Å². The van der Waals surface area contributed by atoms with Gasteiger partial charge in [0.05, 0.1) is 16.3 Å². The maximum absolute atomic E-state index is 6.02. The molecule has 2 aromatic rings. The van der Waals surface area contributed by atoms with E-state index < -0.39 is 0 Å². The molecule has 1 atom stereocenters. The van der Waals surface area contributed by atoms with Gasteiger partial charge in [0.2, 0.25) is 0 Å². The molecule has 0 saturated heterocycles. The Morgan fingerprint density at radius 1 is 1.43 bits per heavy atom. The third-order valence-corrected chi connectivity index (χ3v) is 3.40. The summed E-state index contributed by atoms with van der Waals surface area (Å²) >= 11 is 1.71. The normalized spacial score (nSPS) is 13.3. The molecular weight excluding hydrogens is 192 g/mol. The fourth-order valence-electron chi connectivity index (χ4n) is 1.48. The van der Waals surface area contributed by atoms with Crippen molar-refractivity contribution in [2.24, 2.45) is 5.73 Å². The van der Waals surface area contributed by atoms with Gasteiger partial charge < -0.3 is 5.73 Å². The summed E-state index contributed by atoms with van der Waals surface area (Å²) in [5, 5.41) is 1.06. The lowest BCUT2D eigenvalue weighted by atomic mass is 10.2. The van der Waals surface area contributed by atoms with Gasteiger partial charge in [0, 0.05) is 0 Å². The van der Waals surface area contributed by atoms with Crippen molar-refractivity contribution in [1.29, 1.82) is 0 Å². The second-order valence-electron chi connectivity index (χ2n) is 3.41. The Kier molecular flexibility index (Phi) is 2.79. The Bertz CT molecular complexity index is 389. The van der Waals surface area contributed by atoms with E-state index in [1.165, 1.54) is 4.70 Å². The lowest BCUT2D eigenvalue weighted by molar-refractivity contribution is 0.636. The summed E-state index contributed by atoms with van der Waals surface area (Å²) < 4.78 is 1.23. The Labute approximate surface area is 87.8 Å². The van der Waals surface area contributed by atoms with Crippen molar-refractivity contribution < 1.29 is 0 Å². The lowest BCUT2D eigenvalue weighted by Gasteiger charge is -2.04. The van der Waals surface area contributed by atoms with Crippen molar-refractivity contribution in [3.05, 3.63) is 29.3 Å². The van der Waals surface area contributed by atoms with Gasteiger partial charge in [-0.3, -0.25) is 0 Å². The Morgan fingerprint density at radius 2 is 2.21 bits per heavy atom. The molecule has 1 unspecified atom stereocenters. The second-order valence-corrected chi connectivity index (χ2v) is 4.48. The highest BCUT2D eigenvalue weighted by molar-refractivity contribution is 7.18. The summed E-state index contributed by atoms with van der Waals surface area (Å²) in [6, 6.07) is 8.29. The van der Waals surface area contributed by atoms with E-state index in [0.29, 0.717) is 0 Å². The number of benzene rings is 1.